The normalized spacial score (nSPS) is 10.8. The number of ether oxygens (including phenoxy) is 1. The average Bonchev–Trinajstić information content (AvgIpc) is 3.11. The molecule has 0 aliphatic rings. The molecule has 2 aromatic heterocycles. The Kier molecular flexibility index (Phi) is 3.90. The molecule has 0 spiro atoms. The molecular formula is C15H14N2O2S. The molecule has 0 radical (unpaired) electrons. The van der Waals surface area contributed by atoms with E-state index >= 15 is 0 Å². The largest absolute Gasteiger partial charge is 0.379 e. The molecule has 0 unspecified atom stereocenters. The van der Waals surface area contributed by atoms with Gasteiger partial charge >= 0.3 is 0 Å². The predicted molar refractivity (Wildman–Crippen MR) is 77.6 cm³/mol. The number of hydrogen-bond acceptors (Lipinski definition) is 5. The highest BCUT2D eigenvalue weighted by molar-refractivity contribution is 7.11. The fraction of sp³-hybridized carbons (Fsp3) is 0.200. The average molecular weight is 286 g/mol. The van der Waals surface area contributed by atoms with Gasteiger partial charge < -0.3 is 9.26 Å². The maximum atomic E-state index is 5.30. The van der Waals surface area contributed by atoms with Crippen LogP contribution in [0.1, 0.15) is 15.6 Å². The molecule has 0 saturated carbocycles. The second kappa shape index (κ2) is 5.98. The van der Waals surface area contributed by atoms with E-state index in [9.17, 15) is 0 Å². The summed E-state index contributed by atoms with van der Waals surface area (Å²) in [6.45, 7) is 0.645. The van der Waals surface area contributed by atoms with E-state index < -0.39 is 0 Å². The highest BCUT2D eigenvalue weighted by Crippen LogP contribution is 2.21. The van der Waals surface area contributed by atoms with E-state index in [1.165, 1.54) is 9.75 Å². The maximum absolute atomic E-state index is 5.30. The van der Waals surface area contributed by atoms with Crippen LogP contribution in [-0.2, 0) is 17.8 Å². The van der Waals surface area contributed by atoms with Crippen LogP contribution in [0, 0.1) is 0 Å². The standard InChI is InChI=1S/C15H14N2O2S/c1-18-10-13-8-7-12(20-13)9-14-16-15(19-17-14)11-5-3-2-4-6-11/h2-8H,9-10H2,1H3. The van der Waals surface area contributed by atoms with Crippen LogP contribution < -0.4 is 0 Å². The van der Waals surface area contributed by atoms with Crippen LogP contribution in [0.3, 0.4) is 0 Å². The summed E-state index contributed by atoms with van der Waals surface area (Å²) in [5.74, 6) is 1.27. The first-order valence-corrected chi connectivity index (χ1v) is 7.11. The Labute approximate surface area is 121 Å². The summed E-state index contributed by atoms with van der Waals surface area (Å²) in [4.78, 5) is 6.84. The SMILES string of the molecule is COCc1ccc(Cc2noc(-c3ccccc3)n2)s1. The highest BCUT2D eigenvalue weighted by atomic mass is 32.1. The van der Waals surface area contributed by atoms with Crippen molar-refractivity contribution in [2.45, 2.75) is 13.0 Å². The van der Waals surface area contributed by atoms with Gasteiger partial charge in [-0.2, -0.15) is 4.98 Å². The van der Waals surface area contributed by atoms with Crippen molar-refractivity contribution in [2.24, 2.45) is 0 Å². The Balaban J connectivity index is 1.73. The molecule has 2 heterocycles. The molecule has 0 fully saturated rings. The van der Waals surface area contributed by atoms with Gasteiger partial charge in [-0.05, 0) is 24.3 Å². The van der Waals surface area contributed by atoms with Gasteiger partial charge in [0.05, 0.1) is 6.61 Å². The Morgan fingerprint density at radius 1 is 1.10 bits per heavy atom. The molecule has 0 saturated heterocycles. The van der Waals surface area contributed by atoms with Crippen molar-refractivity contribution in [2.75, 3.05) is 7.11 Å². The molecule has 102 valence electrons. The molecule has 0 bridgehead atoms. The first-order valence-electron chi connectivity index (χ1n) is 6.29. The topological polar surface area (TPSA) is 48.2 Å². The summed E-state index contributed by atoms with van der Waals surface area (Å²) < 4.78 is 10.4. The van der Waals surface area contributed by atoms with Gasteiger partial charge in [0.25, 0.3) is 5.89 Å². The third kappa shape index (κ3) is 2.95. The number of methoxy groups -OCH3 is 1. The van der Waals surface area contributed by atoms with Crippen LogP contribution in [0.5, 0.6) is 0 Å². The minimum Gasteiger partial charge on any atom is -0.379 e. The Hall–Kier alpha value is -1.98. The number of aromatic nitrogens is 2. The van der Waals surface area contributed by atoms with Gasteiger partial charge in [0.2, 0.25) is 0 Å². The zero-order chi connectivity index (χ0) is 13.8. The van der Waals surface area contributed by atoms with Gasteiger partial charge in [-0.3, -0.25) is 0 Å². The lowest BCUT2D eigenvalue weighted by Gasteiger charge is -1.92. The summed E-state index contributed by atoms with van der Waals surface area (Å²) >= 11 is 1.71. The van der Waals surface area contributed by atoms with Crippen molar-refractivity contribution < 1.29 is 9.26 Å². The molecule has 3 aromatic rings. The molecule has 0 amide bonds. The molecule has 20 heavy (non-hydrogen) atoms. The monoisotopic (exact) mass is 286 g/mol. The highest BCUT2D eigenvalue weighted by Gasteiger charge is 2.10. The molecule has 0 aliphatic heterocycles. The van der Waals surface area contributed by atoms with E-state index in [2.05, 4.69) is 22.3 Å². The molecular weight excluding hydrogens is 272 g/mol. The number of rotatable bonds is 5. The van der Waals surface area contributed by atoms with Gasteiger partial charge in [-0.25, -0.2) is 0 Å². The van der Waals surface area contributed by atoms with Crippen LogP contribution in [0.25, 0.3) is 11.5 Å². The van der Waals surface area contributed by atoms with Gasteiger partial charge in [0.1, 0.15) is 0 Å². The summed E-state index contributed by atoms with van der Waals surface area (Å²) in [7, 11) is 1.70. The second-order valence-corrected chi connectivity index (χ2v) is 5.61. The third-order valence-electron chi connectivity index (χ3n) is 2.83. The zero-order valence-corrected chi connectivity index (χ0v) is 11.9. The molecule has 0 N–H and O–H groups in total. The number of benzene rings is 1. The molecule has 0 aliphatic carbocycles. The Bertz CT molecular complexity index is 676. The van der Waals surface area contributed by atoms with E-state index in [-0.39, 0.29) is 0 Å². The Morgan fingerprint density at radius 2 is 1.90 bits per heavy atom. The first-order chi connectivity index (χ1) is 9.85. The van der Waals surface area contributed by atoms with E-state index in [1.807, 2.05) is 30.3 Å². The smallest absolute Gasteiger partial charge is 0.257 e. The van der Waals surface area contributed by atoms with Crippen LogP contribution >= 0.6 is 11.3 Å². The summed E-state index contributed by atoms with van der Waals surface area (Å²) in [6.07, 6.45) is 0.685. The lowest BCUT2D eigenvalue weighted by atomic mass is 10.2. The van der Waals surface area contributed by atoms with Crippen LogP contribution in [0.2, 0.25) is 0 Å². The molecule has 0 atom stereocenters. The lowest BCUT2D eigenvalue weighted by Crippen LogP contribution is -1.87. The van der Waals surface area contributed by atoms with E-state index in [0.29, 0.717) is 24.7 Å². The quantitative estimate of drug-likeness (QED) is 0.720. The summed E-state index contributed by atoms with van der Waals surface area (Å²) in [5, 5.41) is 4.03. The van der Waals surface area contributed by atoms with Crippen molar-refractivity contribution in [1.82, 2.24) is 10.1 Å². The summed E-state index contributed by atoms with van der Waals surface area (Å²) in [5.41, 5.74) is 0.942. The Morgan fingerprint density at radius 3 is 2.70 bits per heavy atom. The van der Waals surface area contributed by atoms with E-state index in [0.717, 1.165) is 5.56 Å². The van der Waals surface area contributed by atoms with Crippen molar-refractivity contribution in [3.8, 4) is 11.5 Å². The van der Waals surface area contributed by atoms with Crippen LogP contribution in [-0.4, -0.2) is 17.3 Å². The van der Waals surface area contributed by atoms with Crippen LogP contribution in [0.15, 0.2) is 47.0 Å². The van der Waals surface area contributed by atoms with Crippen molar-refractivity contribution in [3.63, 3.8) is 0 Å². The van der Waals surface area contributed by atoms with Crippen molar-refractivity contribution in [3.05, 3.63) is 58.0 Å². The van der Waals surface area contributed by atoms with Gasteiger partial charge in [-0.15, -0.1) is 11.3 Å². The molecule has 3 rings (SSSR count). The molecule has 5 heteroatoms. The maximum Gasteiger partial charge on any atom is 0.257 e. The van der Waals surface area contributed by atoms with Crippen molar-refractivity contribution in [1.29, 1.82) is 0 Å². The lowest BCUT2D eigenvalue weighted by molar-refractivity contribution is 0.187. The van der Waals surface area contributed by atoms with E-state index in [4.69, 9.17) is 9.26 Å². The third-order valence-corrected chi connectivity index (χ3v) is 3.88. The van der Waals surface area contributed by atoms with Gasteiger partial charge in [0.15, 0.2) is 5.82 Å². The van der Waals surface area contributed by atoms with Crippen molar-refractivity contribution >= 4 is 11.3 Å². The fourth-order valence-corrected chi connectivity index (χ4v) is 2.90. The first kappa shape index (κ1) is 13.0. The van der Waals surface area contributed by atoms with E-state index in [1.54, 1.807) is 18.4 Å². The molecule has 4 nitrogen and oxygen atoms in total. The number of hydrogen-bond donors (Lipinski definition) is 0. The second-order valence-electron chi connectivity index (χ2n) is 4.36. The van der Waals surface area contributed by atoms with Gasteiger partial charge in [0, 0.05) is 28.8 Å². The zero-order valence-electron chi connectivity index (χ0n) is 11.1. The number of thiophene rings is 1. The fourth-order valence-electron chi connectivity index (χ4n) is 1.92. The minimum atomic E-state index is 0.564. The number of nitrogens with zero attached hydrogens (tertiary/aromatic N) is 2. The summed E-state index contributed by atoms with van der Waals surface area (Å²) in [6, 6.07) is 13.9. The van der Waals surface area contributed by atoms with Gasteiger partial charge in [-0.1, -0.05) is 23.4 Å². The van der Waals surface area contributed by atoms with Crippen LogP contribution in [0.4, 0.5) is 0 Å². The predicted octanol–water partition coefficient (Wildman–Crippen LogP) is 3.54. The molecule has 1 aromatic carbocycles. The minimum absolute atomic E-state index is 0.564.